The Bertz CT molecular complexity index is 1040. The van der Waals surface area contributed by atoms with Gasteiger partial charge in [0, 0.05) is 17.5 Å². The number of esters is 1. The third kappa shape index (κ3) is 6.53. The van der Waals surface area contributed by atoms with Crippen LogP contribution >= 0.6 is 11.6 Å². The Morgan fingerprint density at radius 3 is 2.03 bits per heavy atom. The molecule has 0 aliphatic carbocycles. The number of hydrogen-bond donors (Lipinski definition) is 0. The van der Waals surface area contributed by atoms with Crippen LogP contribution in [-0.2, 0) is 20.4 Å². The Morgan fingerprint density at radius 1 is 0.903 bits per heavy atom. The van der Waals surface area contributed by atoms with Gasteiger partial charge in [-0.2, -0.15) is 0 Å². The number of carbonyl (C=O) groups is 1. The van der Waals surface area contributed by atoms with Crippen molar-refractivity contribution in [3.8, 4) is 28.7 Å². The molecule has 0 saturated heterocycles. The Hall–Kier alpha value is -2.91. The van der Waals surface area contributed by atoms with Crippen molar-refractivity contribution in [1.29, 1.82) is 0 Å². The zero-order chi connectivity index (χ0) is 23.0. The van der Waals surface area contributed by atoms with Crippen LogP contribution < -0.4 is 23.7 Å². The maximum atomic E-state index is 12.7. The molecule has 0 bridgehead atoms. The molecule has 0 atom stereocenters. The van der Waals surface area contributed by atoms with Gasteiger partial charge in [-0.3, -0.25) is 4.79 Å². The van der Waals surface area contributed by atoms with Crippen LogP contribution in [0, 0.1) is 0 Å². The smallest absolute Gasteiger partial charge is 0.326 e. The lowest BCUT2D eigenvalue weighted by atomic mass is 10.1. The van der Waals surface area contributed by atoms with E-state index in [0.717, 1.165) is 5.41 Å². The van der Waals surface area contributed by atoms with E-state index in [1.165, 1.54) is 46.6 Å². The third-order valence-electron chi connectivity index (χ3n) is 4.12. The molecule has 0 aromatic heterocycles. The van der Waals surface area contributed by atoms with Gasteiger partial charge >= 0.3 is 5.97 Å². The Morgan fingerprint density at radius 2 is 1.52 bits per heavy atom. The van der Waals surface area contributed by atoms with E-state index in [0.29, 0.717) is 28.4 Å². The first-order valence-electron chi connectivity index (χ1n) is 8.91. The van der Waals surface area contributed by atoms with Crippen LogP contribution in [0.4, 0.5) is 0 Å². The quantitative estimate of drug-likeness (QED) is 0.296. The van der Waals surface area contributed by atoms with Crippen LogP contribution in [0.3, 0.4) is 0 Å². The van der Waals surface area contributed by atoms with Crippen molar-refractivity contribution in [3.63, 3.8) is 0 Å². The summed E-state index contributed by atoms with van der Waals surface area (Å²) in [7, 11) is 2.13. The van der Waals surface area contributed by atoms with Gasteiger partial charge in [-0.25, -0.2) is 8.42 Å². The minimum Gasteiger partial charge on any atom is -0.496 e. The van der Waals surface area contributed by atoms with Gasteiger partial charge in [0.2, 0.25) is 0 Å². The zero-order valence-corrected chi connectivity index (χ0v) is 19.1. The second kappa shape index (κ2) is 10.9. The van der Waals surface area contributed by atoms with Crippen LogP contribution in [0.1, 0.15) is 11.1 Å². The fraction of sp³-hybridized carbons (Fsp3) is 0.286. The highest BCUT2D eigenvalue weighted by molar-refractivity contribution is 7.93. The van der Waals surface area contributed by atoms with E-state index < -0.39 is 15.8 Å². The van der Waals surface area contributed by atoms with Crippen molar-refractivity contribution in [2.45, 2.75) is 5.75 Å². The second-order valence-corrected chi connectivity index (χ2v) is 8.30. The van der Waals surface area contributed by atoms with Crippen LogP contribution in [0.25, 0.3) is 6.08 Å². The number of carbonyl (C=O) groups excluding carboxylic acids is 1. The number of benzene rings is 2. The normalized spacial score (nSPS) is 11.3. The molecule has 0 aliphatic heterocycles. The van der Waals surface area contributed by atoms with Gasteiger partial charge in [0.05, 0.1) is 39.8 Å². The molecule has 0 aliphatic rings. The SMILES string of the molecule is COc1cc(OC)c(/C=C/S(=O)(=O)Cc2ccc(OC)c(OC(=O)CCl)c2)c(OC)c1. The van der Waals surface area contributed by atoms with Gasteiger partial charge in [0.15, 0.2) is 21.3 Å². The summed E-state index contributed by atoms with van der Waals surface area (Å²) in [5.41, 5.74) is 0.845. The summed E-state index contributed by atoms with van der Waals surface area (Å²) < 4.78 is 51.4. The molecule has 10 heteroatoms. The van der Waals surface area contributed by atoms with Crippen molar-refractivity contribution < 1.29 is 36.9 Å². The lowest BCUT2D eigenvalue weighted by molar-refractivity contribution is -0.131. The van der Waals surface area contributed by atoms with Gasteiger partial charge < -0.3 is 23.7 Å². The average molecular weight is 471 g/mol. The largest absolute Gasteiger partial charge is 0.496 e. The highest BCUT2D eigenvalue weighted by Crippen LogP contribution is 2.35. The highest BCUT2D eigenvalue weighted by atomic mass is 35.5. The van der Waals surface area contributed by atoms with E-state index in [1.54, 1.807) is 18.2 Å². The van der Waals surface area contributed by atoms with E-state index in [4.69, 9.17) is 35.3 Å². The van der Waals surface area contributed by atoms with Gasteiger partial charge in [-0.15, -0.1) is 11.6 Å². The molecular formula is C21H23ClO8S. The average Bonchev–Trinajstić information content (AvgIpc) is 2.76. The molecule has 2 rings (SSSR count). The van der Waals surface area contributed by atoms with Crippen molar-refractivity contribution in [2.24, 2.45) is 0 Å². The Kier molecular flexibility index (Phi) is 8.58. The lowest BCUT2D eigenvalue weighted by Gasteiger charge is -2.12. The summed E-state index contributed by atoms with van der Waals surface area (Å²) >= 11 is 5.46. The summed E-state index contributed by atoms with van der Waals surface area (Å²) in [5.74, 6) is 0.292. The lowest BCUT2D eigenvalue weighted by Crippen LogP contribution is -2.10. The van der Waals surface area contributed by atoms with E-state index in [-0.39, 0.29) is 23.1 Å². The Balaban J connectivity index is 2.33. The second-order valence-electron chi connectivity index (χ2n) is 6.15. The van der Waals surface area contributed by atoms with Crippen LogP contribution in [0.5, 0.6) is 28.7 Å². The summed E-state index contributed by atoms with van der Waals surface area (Å²) in [4.78, 5) is 11.5. The Labute approximate surface area is 186 Å². The molecule has 8 nitrogen and oxygen atoms in total. The number of hydrogen-bond acceptors (Lipinski definition) is 8. The van der Waals surface area contributed by atoms with Gasteiger partial charge in [-0.1, -0.05) is 6.07 Å². The number of rotatable bonds is 10. The fourth-order valence-corrected chi connectivity index (χ4v) is 3.83. The predicted octanol–water partition coefficient (Wildman–Crippen LogP) is 3.45. The summed E-state index contributed by atoms with van der Waals surface area (Å²) in [6.07, 6.45) is 1.39. The minimum atomic E-state index is -3.70. The van der Waals surface area contributed by atoms with Crippen molar-refractivity contribution >= 4 is 33.5 Å². The molecule has 0 fully saturated rings. The zero-order valence-electron chi connectivity index (χ0n) is 17.5. The van der Waals surface area contributed by atoms with E-state index in [9.17, 15) is 13.2 Å². The number of methoxy groups -OCH3 is 4. The minimum absolute atomic E-state index is 0.0864. The molecular weight excluding hydrogens is 448 g/mol. The van der Waals surface area contributed by atoms with Crippen LogP contribution in [-0.4, -0.2) is 48.7 Å². The summed E-state index contributed by atoms with van der Waals surface area (Å²) in [6, 6.07) is 7.74. The van der Waals surface area contributed by atoms with Gasteiger partial charge in [-0.05, 0) is 23.8 Å². The number of halogens is 1. The standard InChI is InChI=1S/C21H23ClO8S/c1-26-15-10-18(28-3)16(19(11-15)29-4)7-8-31(24,25)13-14-5-6-17(27-2)20(9-14)30-21(23)12-22/h5-11H,12-13H2,1-4H3/b8-7+. The maximum Gasteiger partial charge on any atom is 0.326 e. The highest BCUT2D eigenvalue weighted by Gasteiger charge is 2.16. The molecule has 0 spiro atoms. The molecule has 0 unspecified atom stereocenters. The summed E-state index contributed by atoms with van der Waals surface area (Å²) in [6.45, 7) is 0. The van der Waals surface area contributed by atoms with E-state index >= 15 is 0 Å². The van der Waals surface area contributed by atoms with E-state index in [1.807, 2.05) is 0 Å². The molecule has 31 heavy (non-hydrogen) atoms. The third-order valence-corrected chi connectivity index (χ3v) is 5.63. The topological polar surface area (TPSA) is 97.4 Å². The number of sulfone groups is 1. The van der Waals surface area contributed by atoms with Crippen molar-refractivity contribution in [2.75, 3.05) is 34.3 Å². The van der Waals surface area contributed by atoms with Crippen LogP contribution in [0.15, 0.2) is 35.7 Å². The van der Waals surface area contributed by atoms with Gasteiger partial charge in [0.25, 0.3) is 0 Å². The van der Waals surface area contributed by atoms with Crippen LogP contribution in [0.2, 0.25) is 0 Å². The molecule has 2 aromatic rings. The van der Waals surface area contributed by atoms with E-state index in [2.05, 4.69) is 0 Å². The molecule has 0 N–H and O–H groups in total. The van der Waals surface area contributed by atoms with Gasteiger partial charge in [0.1, 0.15) is 23.1 Å². The molecule has 168 valence electrons. The molecule has 0 amide bonds. The van der Waals surface area contributed by atoms with Crippen molar-refractivity contribution in [1.82, 2.24) is 0 Å². The maximum absolute atomic E-state index is 12.7. The first kappa shape index (κ1) is 24.4. The first-order valence-corrected chi connectivity index (χ1v) is 11.2. The molecule has 0 heterocycles. The molecule has 0 radical (unpaired) electrons. The number of ether oxygens (including phenoxy) is 5. The first-order chi connectivity index (χ1) is 14.8. The predicted molar refractivity (Wildman–Crippen MR) is 117 cm³/mol. The fourth-order valence-electron chi connectivity index (χ4n) is 2.69. The monoisotopic (exact) mass is 470 g/mol. The number of alkyl halides is 1. The molecule has 2 aromatic carbocycles. The molecule has 0 saturated carbocycles. The summed E-state index contributed by atoms with van der Waals surface area (Å²) in [5, 5.41) is 1.06. The van der Waals surface area contributed by atoms with Crippen molar-refractivity contribution in [3.05, 3.63) is 46.9 Å².